The molecule has 2 rings (SSSR count). The number of hydrogen-bond donors (Lipinski definition) is 1. The number of methoxy groups -OCH3 is 1. The fraction of sp³-hybridized carbons (Fsp3) is 0.350. The highest BCUT2D eigenvalue weighted by atomic mass is 35.5. The average molecular weight is 361 g/mol. The number of carbonyl (C=O) groups excluding carboxylic acids is 1. The maximum atomic E-state index is 12.5. The molecule has 0 bridgehead atoms. The number of rotatable bonds is 7. The van der Waals surface area contributed by atoms with Crippen LogP contribution >= 0.6 is 11.6 Å². The van der Waals surface area contributed by atoms with Crippen molar-refractivity contribution in [1.82, 2.24) is 4.90 Å². The van der Waals surface area contributed by atoms with Crippen molar-refractivity contribution in [3.05, 3.63) is 58.6 Å². The Kier molecular flexibility index (Phi) is 6.85. The Hall–Kier alpha value is -2.04. The van der Waals surface area contributed by atoms with Gasteiger partial charge in [-0.2, -0.15) is 0 Å². The minimum absolute atomic E-state index is 0.0537. The molecule has 0 aliphatic heterocycles. The number of nitrogens with one attached hydrogen (secondary N) is 1. The van der Waals surface area contributed by atoms with Crippen LogP contribution in [0.5, 0.6) is 5.75 Å². The molecule has 0 saturated heterocycles. The van der Waals surface area contributed by atoms with Gasteiger partial charge in [0.15, 0.2) is 0 Å². The van der Waals surface area contributed by atoms with Gasteiger partial charge in [0.2, 0.25) is 5.91 Å². The third-order valence-corrected chi connectivity index (χ3v) is 4.83. The lowest BCUT2D eigenvalue weighted by Gasteiger charge is -2.28. The number of benzene rings is 2. The fourth-order valence-corrected chi connectivity index (χ4v) is 2.93. The molecule has 0 heterocycles. The Morgan fingerprint density at radius 2 is 2.00 bits per heavy atom. The van der Waals surface area contributed by atoms with E-state index in [1.54, 1.807) is 7.11 Å². The molecule has 0 aliphatic carbocycles. The first-order valence-electron chi connectivity index (χ1n) is 8.39. The average Bonchev–Trinajstić information content (AvgIpc) is 2.63. The van der Waals surface area contributed by atoms with Crippen LogP contribution in [0.15, 0.2) is 42.5 Å². The molecule has 0 aliphatic rings. The van der Waals surface area contributed by atoms with Crippen LogP contribution in [0.1, 0.15) is 31.0 Å². The van der Waals surface area contributed by atoms with Gasteiger partial charge >= 0.3 is 0 Å². The van der Waals surface area contributed by atoms with Crippen LogP contribution in [0, 0.1) is 6.92 Å². The Morgan fingerprint density at radius 1 is 1.28 bits per heavy atom. The zero-order chi connectivity index (χ0) is 18.4. The fourth-order valence-electron chi connectivity index (χ4n) is 2.75. The van der Waals surface area contributed by atoms with Gasteiger partial charge in [0.25, 0.3) is 0 Å². The number of halogens is 1. The second-order valence-corrected chi connectivity index (χ2v) is 6.38. The van der Waals surface area contributed by atoms with Crippen molar-refractivity contribution in [3.63, 3.8) is 0 Å². The maximum Gasteiger partial charge on any atom is 0.238 e. The molecule has 134 valence electrons. The molecular weight excluding hydrogens is 336 g/mol. The first-order valence-corrected chi connectivity index (χ1v) is 8.77. The minimum atomic E-state index is -0.0537. The largest absolute Gasteiger partial charge is 0.497 e. The maximum absolute atomic E-state index is 12.5. The van der Waals surface area contributed by atoms with Crippen molar-refractivity contribution in [2.24, 2.45) is 0 Å². The monoisotopic (exact) mass is 360 g/mol. The lowest BCUT2D eigenvalue weighted by Crippen LogP contribution is -2.35. The molecule has 0 aromatic heterocycles. The zero-order valence-electron chi connectivity index (χ0n) is 15.2. The summed E-state index contributed by atoms with van der Waals surface area (Å²) in [5, 5.41) is 3.60. The van der Waals surface area contributed by atoms with Crippen LogP contribution < -0.4 is 10.1 Å². The summed E-state index contributed by atoms with van der Waals surface area (Å²) in [6.07, 6.45) is 0. The number of carbonyl (C=O) groups is 1. The van der Waals surface area contributed by atoms with Crippen LogP contribution in [-0.4, -0.2) is 31.0 Å². The highest BCUT2D eigenvalue weighted by Crippen LogP contribution is 2.25. The van der Waals surface area contributed by atoms with Gasteiger partial charge in [0.1, 0.15) is 5.75 Å². The van der Waals surface area contributed by atoms with E-state index >= 15 is 0 Å². The quantitative estimate of drug-likeness (QED) is 0.779. The standard InChI is InChI=1S/C20H25ClN2O2/c1-5-23(15(3)16-8-6-9-17(12-16)25-4)13-20(24)22-19-11-7-10-18(21)14(19)2/h6-12,15H,5,13H2,1-4H3,(H,22,24). The van der Waals surface area contributed by atoms with Crippen LogP contribution in [0.25, 0.3) is 0 Å². The highest BCUT2D eigenvalue weighted by molar-refractivity contribution is 6.31. The van der Waals surface area contributed by atoms with Gasteiger partial charge in [0, 0.05) is 16.8 Å². The Balaban J connectivity index is 2.07. The van der Waals surface area contributed by atoms with E-state index in [2.05, 4.69) is 30.1 Å². The molecule has 2 aromatic carbocycles. The van der Waals surface area contributed by atoms with Gasteiger partial charge in [-0.25, -0.2) is 0 Å². The topological polar surface area (TPSA) is 41.6 Å². The molecule has 0 spiro atoms. The van der Waals surface area contributed by atoms with Crippen molar-refractivity contribution in [3.8, 4) is 5.75 Å². The molecule has 5 heteroatoms. The molecule has 1 atom stereocenters. The van der Waals surface area contributed by atoms with Gasteiger partial charge in [-0.3, -0.25) is 9.69 Å². The normalized spacial score (nSPS) is 12.1. The summed E-state index contributed by atoms with van der Waals surface area (Å²) in [5.41, 5.74) is 2.75. The summed E-state index contributed by atoms with van der Waals surface area (Å²) in [7, 11) is 1.65. The predicted octanol–water partition coefficient (Wildman–Crippen LogP) is 4.68. The molecule has 4 nitrogen and oxygen atoms in total. The van der Waals surface area contributed by atoms with Crippen molar-refractivity contribution in [1.29, 1.82) is 0 Å². The van der Waals surface area contributed by atoms with Crippen LogP contribution in [0.2, 0.25) is 5.02 Å². The van der Waals surface area contributed by atoms with E-state index < -0.39 is 0 Å². The Labute approximate surface area is 154 Å². The second-order valence-electron chi connectivity index (χ2n) is 5.98. The predicted molar refractivity (Wildman–Crippen MR) is 103 cm³/mol. The summed E-state index contributed by atoms with van der Waals surface area (Å²) in [4.78, 5) is 14.6. The molecule has 1 amide bonds. The molecule has 1 unspecified atom stereocenters. The molecular formula is C20H25ClN2O2. The number of anilines is 1. The van der Waals surface area contributed by atoms with Gasteiger partial charge in [-0.1, -0.05) is 36.7 Å². The van der Waals surface area contributed by atoms with Crippen LogP contribution in [0.3, 0.4) is 0 Å². The summed E-state index contributed by atoms with van der Waals surface area (Å²) in [6, 6.07) is 13.6. The summed E-state index contributed by atoms with van der Waals surface area (Å²) >= 11 is 6.12. The van der Waals surface area contributed by atoms with Gasteiger partial charge in [0.05, 0.1) is 13.7 Å². The van der Waals surface area contributed by atoms with E-state index in [1.165, 1.54) is 0 Å². The summed E-state index contributed by atoms with van der Waals surface area (Å²) in [5.74, 6) is 0.765. The first-order chi connectivity index (χ1) is 12.0. The Morgan fingerprint density at radius 3 is 2.68 bits per heavy atom. The lowest BCUT2D eigenvalue weighted by molar-refractivity contribution is -0.117. The number of ether oxygens (including phenoxy) is 1. The number of amides is 1. The molecule has 0 fully saturated rings. The van der Waals surface area contributed by atoms with Gasteiger partial charge in [-0.05, 0) is 55.8 Å². The molecule has 25 heavy (non-hydrogen) atoms. The van der Waals surface area contributed by atoms with E-state index in [0.717, 1.165) is 29.1 Å². The SMILES string of the molecule is CCN(CC(=O)Nc1cccc(Cl)c1C)C(C)c1cccc(OC)c1. The van der Waals surface area contributed by atoms with Crippen molar-refractivity contribution >= 4 is 23.2 Å². The summed E-state index contributed by atoms with van der Waals surface area (Å²) in [6.45, 7) is 7.11. The lowest BCUT2D eigenvalue weighted by atomic mass is 10.1. The number of likely N-dealkylation sites (N-methyl/N-ethyl adjacent to an activating group) is 1. The number of hydrogen-bond acceptors (Lipinski definition) is 3. The molecule has 0 saturated carbocycles. The summed E-state index contributed by atoms with van der Waals surface area (Å²) < 4.78 is 5.29. The molecule has 0 radical (unpaired) electrons. The molecule has 2 aromatic rings. The van der Waals surface area contributed by atoms with Gasteiger partial charge < -0.3 is 10.1 Å². The van der Waals surface area contributed by atoms with E-state index in [0.29, 0.717) is 11.6 Å². The third-order valence-electron chi connectivity index (χ3n) is 4.42. The van der Waals surface area contributed by atoms with Crippen molar-refractivity contribution in [2.75, 3.05) is 25.5 Å². The zero-order valence-corrected chi connectivity index (χ0v) is 15.9. The third kappa shape index (κ3) is 4.97. The van der Waals surface area contributed by atoms with E-state index in [9.17, 15) is 4.79 Å². The van der Waals surface area contributed by atoms with E-state index in [1.807, 2.05) is 43.3 Å². The van der Waals surface area contributed by atoms with E-state index in [4.69, 9.17) is 16.3 Å². The smallest absolute Gasteiger partial charge is 0.238 e. The van der Waals surface area contributed by atoms with Gasteiger partial charge in [-0.15, -0.1) is 0 Å². The first kappa shape index (κ1) is 19.3. The highest BCUT2D eigenvalue weighted by Gasteiger charge is 2.18. The van der Waals surface area contributed by atoms with Crippen LogP contribution in [-0.2, 0) is 4.79 Å². The van der Waals surface area contributed by atoms with Crippen molar-refractivity contribution in [2.45, 2.75) is 26.8 Å². The van der Waals surface area contributed by atoms with E-state index in [-0.39, 0.29) is 11.9 Å². The van der Waals surface area contributed by atoms with Crippen LogP contribution in [0.4, 0.5) is 5.69 Å². The minimum Gasteiger partial charge on any atom is -0.497 e. The number of nitrogens with zero attached hydrogens (tertiary/aromatic N) is 1. The van der Waals surface area contributed by atoms with Crippen molar-refractivity contribution < 1.29 is 9.53 Å². The molecule has 1 N–H and O–H groups in total. The Bertz CT molecular complexity index is 733. The second kappa shape index (κ2) is 8.88.